The van der Waals surface area contributed by atoms with Crippen LogP contribution in [-0.4, -0.2) is 37.3 Å². The Bertz CT molecular complexity index is 761. The van der Waals surface area contributed by atoms with Gasteiger partial charge in [0.05, 0.1) is 0 Å². The Labute approximate surface area is 143 Å². The molecule has 0 fully saturated rings. The number of rotatable bonds is 5. The SMILES string of the molecule is CN(C(=O)c1ccc(C(=O)C(=O)c2ccccc2)cc1)[Si](C)(C)C. The van der Waals surface area contributed by atoms with Crippen molar-refractivity contribution in [2.75, 3.05) is 7.05 Å². The summed E-state index contributed by atoms with van der Waals surface area (Å²) in [6.45, 7) is 6.25. The van der Waals surface area contributed by atoms with Gasteiger partial charge in [-0.05, 0) is 12.1 Å². The molecule has 0 bridgehead atoms. The summed E-state index contributed by atoms with van der Waals surface area (Å²) in [6.07, 6.45) is 0. The van der Waals surface area contributed by atoms with Crippen LogP contribution in [0, 0.1) is 0 Å². The van der Waals surface area contributed by atoms with Gasteiger partial charge in [0, 0.05) is 23.7 Å². The molecule has 0 aliphatic carbocycles. The minimum Gasteiger partial charge on any atom is -0.369 e. The van der Waals surface area contributed by atoms with Crippen LogP contribution in [0.4, 0.5) is 0 Å². The van der Waals surface area contributed by atoms with E-state index in [4.69, 9.17) is 0 Å². The number of hydrogen-bond acceptors (Lipinski definition) is 3. The second kappa shape index (κ2) is 6.92. The summed E-state index contributed by atoms with van der Waals surface area (Å²) in [5.41, 5.74) is 1.17. The monoisotopic (exact) mass is 339 g/mol. The highest BCUT2D eigenvalue weighted by atomic mass is 28.3. The number of carbonyl (C=O) groups is 3. The Morgan fingerprint density at radius 1 is 0.708 bits per heavy atom. The number of carbonyl (C=O) groups excluding carboxylic acids is 3. The standard InChI is InChI=1S/C19H21NO3Si/c1-20(24(2,3)4)19(23)16-12-10-15(11-13-16)18(22)17(21)14-8-6-5-7-9-14/h5-13H,1-4H3. The molecule has 1 amide bonds. The molecule has 0 aliphatic rings. The number of amides is 1. The zero-order valence-corrected chi connectivity index (χ0v) is 15.4. The van der Waals surface area contributed by atoms with Gasteiger partial charge in [0.2, 0.25) is 17.5 Å². The first kappa shape index (κ1) is 17.8. The molecule has 0 unspecified atom stereocenters. The Balaban J connectivity index is 2.19. The third kappa shape index (κ3) is 3.86. The van der Waals surface area contributed by atoms with Crippen LogP contribution in [0.15, 0.2) is 54.6 Å². The van der Waals surface area contributed by atoms with Crippen molar-refractivity contribution in [1.82, 2.24) is 4.57 Å². The number of nitrogens with zero attached hydrogens (tertiary/aromatic N) is 1. The van der Waals surface area contributed by atoms with E-state index in [0.29, 0.717) is 11.1 Å². The summed E-state index contributed by atoms with van der Waals surface area (Å²) in [5, 5.41) is 0. The van der Waals surface area contributed by atoms with Crippen LogP contribution >= 0.6 is 0 Å². The van der Waals surface area contributed by atoms with Crippen molar-refractivity contribution in [3.63, 3.8) is 0 Å². The molecule has 0 spiro atoms. The average molecular weight is 339 g/mol. The molecule has 0 N–H and O–H groups in total. The number of hydrogen-bond donors (Lipinski definition) is 0. The summed E-state index contributed by atoms with van der Waals surface area (Å²) in [7, 11) is 0.0570. The average Bonchev–Trinajstić information content (AvgIpc) is 2.59. The smallest absolute Gasteiger partial charge is 0.245 e. The summed E-state index contributed by atoms with van der Waals surface area (Å²) >= 11 is 0. The van der Waals surface area contributed by atoms with E-state index in [0.717, 1.165) is 0 Å². The topological polar surface area (TPSA) is 54.5 Å². The van der Waals surface area contributed by atoms with Gasteiger partial charge in [-0.25, -0.2) is 0 Å². The molecule has 0 radical (unpaired) electrons. The third-order valence-electron chi connectivity index (χ3n) is 3.95. The van der Waals surface area contributed by atoms with Crippen LogP contribution in [0.1, 0.15) is 31.1 Å². The van der Waals surface area contributed by atoms with Crippen LogP contribution < -0.4 is 0 Å². The van der Waals surface area contributed by atoms with E-state index in [1.54, 1.807) is 54.1 Å². The van der Waals surface area contributed by atoms with Crippen molar-refractivity contribution in [3.8, 4) is 0 Å². The second-order valence-corrected chi connectivity index (χ2v) is 11.6. The highest BCUT2D eigenvalue weighted by Gasteiger charge is 2.26. The van der Waals surface area contributed by atoms with Gasteiger partial charge < -0.3 is 4.57 Å². The largest absolute Gasteiger partial charge is 0.369 e. The quantitative estimate of drug-likeness (QED) is 0.474. The molecule has 0 heterocycles. The van der Waals surface area contributed by atoms with Gasteiger partial charge >= 0.3 is 0 Å². The Morgan fingerprint density at radius 3 is 1.58 bits per heavy atom. The lowest BCUT2D eigenvalue weighted by Crippen LogP contribution is -2.46. The van der Waals surface area contributed by atoms with Gasteiger partial charge in [0.25, 0.3) is 0 Å². The molecule has 5 heteroatoms. The molecule has 24 heavy (non-hydrogen) atoms. The predicted octanol–water partition coefficient (Wildman–Crippen LogP) is 3.66. The first-order valence-electron chi connectivity index (χ1n) is 7.74. The lowest BCUT2D eigenvalue weighted by Gasteiger charge is -2.30. The van der Waals surface area contributed by atoms with E-state index < -0.39 is 19.8 Å². The van der Waals surface area contributed by atoms with Crippen LogP contribution in [0.2, 0.25) is 19.6 Å². The molecular formula is C19H21NO3Si. The maximum Gasteiger partial charge on any atom is 0.245 e. The van der Waals surface area contributed by atoms with E-state index in [2.05, 4.69) is 19.6 Å². The van der Waals surface area contributed by atoms with E-state index >= 15 is 0 Å². The van der Waals surface area contributed by atoms with Crippen molar-refractivity contribution < 1.29 is 14.4 Å². The van der Waals surface area contributed by atoms with Crippen LogP contribution in [-0.2, 0) is 0 Å². The predicted molar refractivity (Wildman–Crippen MR) is 97.0 cm³/mol. The summed E-state index contributed by atoms with van der Waals surface area (Å²) in [4.78, 5) is 36.9. The van der Waals surface area contributed by atoms with Gasteiger partial charge in [0.1, 0.15) is 0 Å². The summed E-state index contributed by atoms with van der Waals surface area (Å²) in [5.74, 6) is -1.19. The Kier molecular flexibility index (Phi) is 5.14. The Hall–Kier alpha value is -2.53. The van der Waals surface area contributed by atoms with Crippen molar-refractivity contribution in [2.24, 2.45) is 0 Å². The molecular weight excluding hydrogens is 318 g/mol. The molecule has 2 rings (SSSR count). The fourth-order valence-corrected chi connectivity index (χ4v) is 2.85. The minimum atomic E-state index is -1.74. The van der Waals surface area contributed by atoms with E-state index in [9.17, 15) is 14.4 Å². The molecule has 0 aliphatic heterocycles. The lowest BCUT2D eigenvalue weighted by atomic mass is 10.0. The lowest BCUT2D eigenvalue weighted by molar-refractivity contribution is 0.0817. The fourth-order valence-electron chi connectivity index (χ4n) is 2.11. The third-order valence-corrected chi connectivity index (χ3v) is 6.16. The van der Waals surface area contributed by atoms with Crippen molar-refractivity contribution in [3.05, 3.63) is 71.3 Å². The number of Topliss-reactive ketones (excluding diaryl/α,β-unsaturated/α-hetero) is 2. The first-order valence-corrected chi connectivity index (χ1v) is 11.2. The number of ketones is 2. The first-order chi connectivity index (χ1) is 11.2. The molecule has 2 aromatic rings. The zero-order valence-electron chi connectivity index (χ0n) is 14.4. The molecule has 0 atom stereocenters. The zero-order chi connectivity index (χ0) is 17.9. The maximum atomic E-state index is 12.4. The van der Waals surface area contributed by atoms with Crippen molar-refractivity contribution >= 4 is 25.7 Å². The van der Waals surface area contributed by atoms with E-state index in [-0.39, 0.29) is 11.5 Å². The molecule has 0 saturated carbocycles. The summed E-state index contributed by atoms with van der Waals surface area (Å²) in [6, 6.07) is 14.7. The second-order valence-electron chi connectivity index (χ2n) is 6.64. The van der Waals surface area contributed by atoms with Gasteiger partial charge in [-0.15, -0.1) is 0 Å². The molecule has 124 valence electrons. The molecule has 2 aromatic carbocycles. The fraction of sp³-hybridized carbons (Fsp3) is 0.211. The van der Waals surface area contributed by atoms with Crippen molar-refractivity contribution in [1.29, 1.82) is 0 Å². The highest BCUT2D eigenvalue weighted by Crippen LogP contribution is 2.14. The maximum absolute atomic E-state index is 12.4. The van der Waals surface area contributed by atoms with Crippen molar-refractivity contribution in [2.45, 2.75) is 19.6 Å². The van der Waals surface area contributed by atoms with E-state index in [1.165, 1.54) is 12.1 Å². The van der Waals surface area contributed by atoms with Gasteiger partial charge in [-0.2, -0.15) is 0 Å². The Morgan fingerprint density at radius 2 is 1.12 bits per heavy atom. The highest BCUT2D eigenvalue weighted by molar-refractivity contribution is 6.75. The van der Waals surface area contributed by atoms with Gasteiger partial charge in [0.15, 0.2) is 8.24 Å². The normalized spacial score (nSPS) is 11.0. The van der Waals surface area contributed by atoms with Crippen LogP contribution in [0.5, 0.6) is 0 Å². The minimum absolute atomic E-state index is 0.0671. The van der Waals surface area contributed by atoms with E-state index in [1.807, 2.05) is 0 Å². The molecule has 0 saturated heterocycles. The number of benzene rings is 2. The van der Waals surface area contributed by atoms with Gasteiger partial charge in [-0.1, -0.05) is 62.1 Å². The molecule has 0 aromatic heterocycles. The van der Waals surface area contributed by atoms with Crippen LogP contribution in [0.3, 0.4) is 0 Å². The van der Waals surface area contributed by atoms with Crippen LogP contribution in [0.25, 0.3) is 0 Å². The summed E-state index contributed by atoms with van der Waals surface area (Å²) < 4.78 is 1.78. The molecule has 4 nitrogen and oxygen atoms in total. The van der Waals surface area contributed by atoms with Gasteiger partial charge in [-0.3, -0.25) is 14.4 Å².